The number of thioether (sulfide) groups is 1. The van der Waals surface area contributed by atoms with E-state index in [1.165, 1.54) is 11.8 Å². The van der Waals surface area contributed by atoms with Crippen LogP contribution in [-0.2, 0) is 11.3 Å². The number of carbonyl (C=O) groups is 1. The molecule has 0 fully saturated rings. The summed E-state index contributed by atoms with van der Waals surface area (Å²) in [5, 5.41) is 7.10. The van der Waals surface area contributed by atoms with Crippen molar-refractivity contribution in [3.8, 4) is 0 Å². The summed E-state index contributed by atoms with van der Waals surface area (Å²) in [4.78, 5) is 25.4. The van der Waals surface area contributed by atoms with Crippen LogP contribution in [0.15, 0.2) is 34.1 Å². The Morgan fingerprint density at radius 1 is 1.31 bits per heavy atom. The van der Waals surface area contributed by atoms with Crippen LogP contribution in [0.2, 0.25) is 10.0 Å². The molecule has 0 radical (unpaired) electrons. The molecule has 1 aromatic heterocycles. The van der Waals surface area contributed by atoms with Crippen LogP contribution in [-0.4, -0.2) is 20.9 Å². The second kappa shape index (κ2) is 9.44. The zero-order valence-electron chi connectivity index (χ0n) is 14.9. The maximum Gasteiger partial charge on any atom is 0.287 e. The highest BCUT2D eigenvalue weighted by Crippen LogP contribution is 2.32. The van der Waals surface area contributed by atoms with Gasteiger partial charge < -0.3 is 5.32 Å². The molecule has 2 rings (SSSR count). The summed E-state index contributed by atoms with van der Waals surface area (Å²) < 4.78 is 0.984. The zero-order chi connectivity index (χ0) is 19.3. The molecule has 0 aliphatic rings. The summed E-state index contributed by atoms with van der Waals surface area (Å²) in [6, 6.07) is 5.78. The predicted molar refractivity (Wildman–Crippen MR) is 109 cm³/mol. The molecule has 8 heteroatoms. The van der Waals surface area contributed by atoms with Gasteiger partial charge in [-0.2, -0.15) is 5.10 Å². The predicted octanol–water partition coefficient (Wildman–Crippen LogP) is 4.78. The van der Waals surface area contributed by atoms with Gasteiger partial charge in [0.05, 0.1) is 11.2 Å². The number of aromatic nitrogens is 2. The number of halogens is 2. The van der Waals surface area contributed by atoms with Gasteiger partial charge in [-0.3, -0.25) is 9.59 Å². The SMILES string of the molecule is CCC(CC)Sc1cc(NC(=O)Cn2ncc(Cl)c(Cl)c2=O)ccc1C. The van der Waals surface area contributed by atoms with Crippen molar-refractivity contribution in [2.75, 3.05) is 5.32 Å². The molecule has 140 valence electrons. The summed E-state index contributed by atoms with van der Waals surface area (Å²) in [7, 11) is 0. The minimum Gasteiger partial charge on any atom is -0.324 e. The lowest BCUT2D eigenvalue weighted by molar-refractivity contribution is -0.117. The van der Waals surface area contributed by atoms with Crippen LogP contribution >= 0.6 is 35.0 Å². The standard InChI is InChI=1S/C18H21Cl2N3O2S/c1-4-13(5-2)26-15-8-12(7-6-11(15)3)22-16(24)10-23-18(25)17(20)14(19)9-21-23/h6-9,13H,4-5,10H2,1-3H3,(H,22,24). The Kier molecular flexibility index (Phi) is 7.55. The van der Waals surface area contributed by atoms with Gasteiger partial charge in [0.1, 0.15) is 11.6 Å². The number of amides is 1. The van der Waals surface area contributed by atoms with E-state index >= 15 is 0 Å². The van der Waals surface area contributed by atoms with E-state index in [0.29, 0.717) is 10.9 Å². The van der Waals surface area contributed by atoms with E-state index in [-0.39, 0.29) is 22.5 Å². The van der Waals surface area contributed by atoms with E-state index in [4.69, 9.17) is 23.2 Å². The van der Waals surface area contributed by atoms with Gasteiger partial charge >= 0.3 is 0 Å². The average molecular weight is 414 g/mol. The summed E-state index contributed by atoms with van der Waals surface area (Å²) in [5.74, 6) is -0.361. The fraction of sp³-hybridized carbons (Fsp3) is 0.389. The minimum atomic E-state index is -0.594. The van der Waals surface area contributed by atoms with Gasteiger partial charge in [-0.05, 0) is 37.5 Å². The van der Waals surface area contributed by atoms with Crippen LogP contribution in [0.3, 0.4) is 0 Å². The van der Waals surface area contributed by atoms with E-state index < -0.39 is 5.56 Å². The Balaban J connectivity index is 2.12. The van der Waals surface area contributed by atoms with Crippen molar-refractivity contribution in [2.45, 2.75) is 50.3 Å². The molecule has 1 heterocycles. The molecule has 1 aromatic carbocycles. The molecule has 26 heavy (non-hydrogen) atoms. The van der Waals surface area contributed by atoms with Gasteiger partial charge in [0, 0.05) is 15.8 Å². The number of carbonyl (C=O) groups excluding carboxylic acids is 1. The summed E-state index contributed by atoms with van der Waals surface area (Å²) in [6.45, 7) is 6.16. The van der Waals surface area contributed by atoms with Crippen molar-refractivity contribution < 1.29 is 4.79 Å². The third kappa shape index (κ3) is 5.25. The van der Waals surface area contributed by atoms with Crippen LogP contribution in [0.25, 0.3) is 0 Å². The number of rotatable bonds is 7. The summed E-state index contributed by atoms with van der Waals surface area (Å²) in [6.07, 6.45) is 3.42. The maximum absolute atomic E-state index is 12.3. The van der Waals surface area contributed by atoms with Crippen molar-refractivity contribution in [2.24, 2.45) is 0 Å². The first-order chi connectivity index (χ1) is 12.3. The largest absolute Gasteiger partial charge is 0.324 e. The van der Waals surface area contributed by atoms with Crippen molar-refractivity contribution in [3.63, 3.8) is 0 Å². The molecule has 5 nitrogen and oxygen atoms in total. The molecule has 0 bridgehead atoms. The number of hydrogen-bond acceptors (Lipinski definition) is 4. The lowest BCUT2D eigenvalue weighted by atomic mass is 10.2. The van der Waals surface area contributed by atoms with Gasteiger partial charge in [0.15, 0.2) is 0 Å². The molecule has 0 aliphatic carbocycles. The normalized spacial score (nSPS) is 11.0. The number of nitrogens with one attached hydrogen (secondary N) is 1. The van der Waals surface area contributed by atoms with Crippen LogP contribution in [0.5, 0.6) is 0 Å². The molecular weight excluding hydrogens is 393 g/mol. The summed E-state index contributed by atoms with van der Waals surface area (Å²) >= 11 is 13.4. The van der Waals surface area contributed by atoms with Gasteiger partial charge in [-0.15, -0.1) is 11.8 Å². The lowest BCUT2D eigenvalue weighted by Gasteiger charge is -2.15. The molecule has 0 atom stereocenters. The maximum atomic E-state index is 12.3. The van der Waals surface area contributed by atoms with Gasteiger partial charge in [0.2, 0.25) is 5.91 Å². The van der Waals surface area contributed by atoms with Crippen molar-refractivity contribution in [1.29, 1.82) is 0 Å². The first kappa shape index (κ1) is 20.8. The smallest absolute Gasteiger partial charge is 0.287 e. The van der Waals surface area contributed by atoms with Gasteiger partial charge in [-0.25, -0.2) is 4.68 Å². The third-order valence-electron chi connectivity index (χ3n) is 3.91. The second-order valence-corrected chi connectivity index (χ2v) is 7.98. The van der Waals surface area contributed by atoms with Crippen LogP contribution < -0.4 is 10.9 Å². The second-order valence-electron chi connectivity index (χ2n) is 5.85. The highest BCUT2D eigenvalue weighted by molar-refractivity contribution is 8.00. The summed E-state index contributed by atoms with van der Waals surface area (Å²) in [5.41, 5.74) is 1.26. The fourth-order valence-electron chi connectivity index (χ4n) is 2.33. The van der Waals surface area contributed by atoms with E-state index in [0.717, 1.165) is 22.4 Å². The number of benzene rings is 1. The van der Waals surface area contributed by atoms with Crippen molar-refractivity contribution in [1.82, 2.24) is 9.78 Å². The van der Waals surface area contributed by atoms with E-state index in [1.807, 2.05) is 30.0 Å². The van der Waals surface area contributed by atoms with E-state index in [1.54, 1.807) is 0 Å². The van der Waals surface area contributed by atoms with Crippen LogP contribution in [0.4, 0.5) is 5.69 Å². The fourth-order valence-corrected chi connectivity index (χ4v) is 3.75. The highest BCUT2D eigenvalue weighted by atomic mass is 35.5. The average Bonchev–Trinajstić information content (AvgIpc) is 2.62. The monoisotopic (exact) mass is 413 g/mol. The topological polar surface area (TPSA) is 64.0 Å². The molecule has 2 aromatic rings. The number of nitrogens with zero attached hydrogens (tertiary/aromatic N) is 2. The number of aryl methyl sites for hydroxylation is 1. The van der Waals surface area contributed by atoms with Gasteiger partial charge in [-0.1, -0.05) is 43.1 Å². The van der Waals surface area contributed by atoms with Crippen LogP contribution in [0.1, 0.15) is 32.3 Å². The lowest BCUT2D eigenvalue weighted by Crippen LogP contribution is -2.29. The zero-order valence-corrected chi connectivity index (χ0v) is 17.2. The third-order valence-corrected chi connectivity index (χ3v) is 6.35. The quantitative estimate of drug-likeness (QED) is 0.663. The molecule has 0 unspecified atom stereocenters. The minimum absolute atomic E-state index is 0.0647. The molecule has 0 spiro atoms. The van der Waals surface area contributed by atoms with E-state index in [2.05, 4.69) is 31.2 Å². The highest BCUT2D eigenvalue weighted by Gasteiger charge is 2.13. The van der Waals surface area contributed by atoms with E-state index in [9.17, 15) is 9.59 Å². The Morgan fingerprint density at radius 3 is 2.65 bits per heavy atom. The van der Waals surface area contributed by atoms with Crippen molar-refractivity contribution in [3.05, 3.63) is 50.4 Å². The first-order valence-electron chi connectivity index (χ1n) is 8.34. The Hall–Kier alpha value is -1.50. The molecular formula is C18H21Cl2N3O2S. The molecule has 0 saturated carbocycles. The first-order valence-corrected chi connectivity index (χ1v) is 9.97. The molecule has 0 saturated heterocycles. The molecule has 1 amide bonds. The number of hydrogen-bond donors (Lipinski definition) is 1. The molecule has 1 N–H and O–H groups in total. The molecule has 0 aliphatic heterocycles. The Bertz CT molecular complexity index is 851. The van der Waals surface area contributed by atoms with Crippen molar-refractivity contribution >= 4 is 46.6 Å². The number of anilines is 1. The van der Waals surface area contributed by atoms with Gasteiger partial charge in [0.25, 0.3) is 5.56 Å². The Labute approximate surface area is 167 Å². The van der Waals surface area contributed by atoms with Crippen LogP contribution in [0, 0.1) is 6.92 Å². The Morgan fingerprint density at radius 2 is 2.00 bits per heavy atom.